The van der Waals surface area contributed by atoms with Gasteiger partial charge in [-0.3, -0.25) is 4.79 Å². The smallest absolute Gasteiger partial charge is 0.246 e. The molecule has 7 nitrogen and oxygen atoms in total. The van der Waals surface area contributed by atoms with E-state index in [-0.39, 0.29) is 22.3 Å². The monoisotopic (exact) mass is 429 g/mol. The molecule has 2 rings (SSSR count). The van der Waals surface area contributed by atoms with E-state index in [2.05, 4.69) is 25.8 Å². The van der Waals surface area contributed by atoms with E-state index >= 15 is 0 Å². The number of nitrogens with one attached hydrogen (secondary N) is 1. The van der Waals surface area contributed by atoms with E-state index in [1.807, 2.05) is 24.3 Å². The Labute approximate surface area is 155 Å². The minimum atomic E-state index is -3.90. The average molecular weight is 430 g/mol. The van der Waals surface area contributed by atoms with E-state index in [4.69, 9.17) is 4.52 Å². The number of benzene rings is 1. The first-order valence-corrected chi connectivity index (χ1v) is 9.84. The minimum Gasteiger partial charge on any atom is -0.360 e. The van der Waals surface area contributed by atoms with Crippen LogP contribution in [0.25, 0.3) is 0 Å². The van der Waals surface area contributed by atoms with Crippen LogP contribution in [0.15, 0.2) is 38.2 Å². The molecule has 1 aromatic heterocycles. The van der Waals surface area contributed by atoms with Gasteiger partial charge in [0.2, 0.25) is 15.9 Å². The number of rotatable bonds is 6. The second kappa shape index (κ2) is 7.67. The fourth-order valence-electron chi connectivity index (χ4n) is 2.49. The summed E-state index contributed by atoms with van der Waals surface area (Å²) in [6.45, 7) is 4.92. The van der Waals surface area contributed by atoms with Crippen molar-refractivity contribution in [3.8, 4) is 0 Å². The zero-order valence-corrected chi connectivity index (χ0v) is 16.8. The van der Waals surface area contributed by atoms with Crippen molar-refractivity contribution in [2.24, 2.45) is 0 Å². The number of carbonyl (C=O) groups is 1. The second-order valence-electron chi connectivity index (χ2n) is 5.78. The van der Waals surface area contributed by atoms with Crippen LogP contribution in [0.4, 0.5) is 0 Å². The molecule has 0 aliphatic heterocycles. The molecule has 1 amide bonds. The first-order chi connectivity index (χ1) is 11.6. The van der Waals surface area contributed by atoms with Gasteiger partial charge in [-0.15, -0.1) is 0 Å². The molecule has 0 spiro atoms. The molecule has 136 valence electrons. The Balaban J connectivity index is 2.11. The molecule has 25 heavy (non-hydrogen) atoms. The Morgan fingerprint density at radius 2 is 2.00 bits per heavy atom. The Bertz CT molecular complexity index is 860. The molecule has 0 radical (unpaired) electrons. The molecular formula is C16H20BrN3O4S. The molecule has 1 aromatic carbocycles. The quantitative estimate of drug-likeness (QED) is 0.760. The number of carbonyl (C=O) groups excluding carboxylic acids is 1. The van der Waals surface area contributed by atoms with E-state index in [1.165, 1.54) is 25.7 Å². The number of amides is 1. The minimum absolute atomic E-state index is 0.0272. The third-order valence-electron chi connectivity index (χ3n) is 3.68. The van der Waals surface area contributed by atoms with Gasteiger partial charge in [-0.05, 0) is 32.4 Å². The number of sulfonamides is 1. The Morgan fingerprint density at radius 3 is 2.56 bits per heavy atom. The van der Waals surface area contributed by atoms with Crippen molar-refractivity contribution >= 4 is 31.9 Å². The summed E-state index contributed by atoms with van der Waals surface area (Å²) in [5, 5.41) is 3.64. The molecule has 1 N–H and O–H groups in total. The van der Waals surface area contributed by atoms with Crippen molar-refractivity contribution < 1.29 is 17.7 Å². The standard InChI is InChI=1S/C16H20BrN3O4S/c1-10-15(12(3)24-18-10)25(22,23)19-11(2)16(21)20(4)9-13-7-5-6-8-14(13)17/h5-8,11,19H,9H2,1-4H3/t11-/m0/s1. The first kappa shape index (κ1) is 19.6. The molecule has 0 aliphatic carbocycles. The molecule has 0 aliphatic rings. The van der Waals surface area contributed by atoms with Gasteiger partial charge in [-0.25, -0.2) is 8.42 Å². The van der Waals surface area contributed by atoms with Crippen LogP contribution in [0.2, 0.25) is 0 Å². The van der Waals surface area contributed by atoms with E-state index in [9.17, 15) is 13.2 Å². The predicted octanol–water partition coefficient (Wildman–Crippen LogP) is 2.38. The van der Waals surface area contributed by atoms with Gasteiger partial charge < -0.3 is 9.42 Å². The first-order valence-electron chi connectivity index (χ1n) is 7.57. The van der Waals surface area contributed by atoms with Crippen molar-refractivity contribution in [2.45, 2.75) is 38.3 Å². The molecule has 0 fully saturated rings. The molecule has 2 aromatic rings. The van der Waals surface area contributed by atoms with E-state index < -0.39 is 16.1 Å². The van der Waals surface area contributed by atoms with Gasteiger partial charge in [0.15, 0.2) is 5.76 Å². The van der Waals surface area contributed by atoms with Crippen LogP contribution in [-0.4, -0.2) is 37.5 Å². The van der Waals surface area contributed by atoms with Crippen LogP contribution in [0, 0.1) is 13.8 Å². The maximum Gasteiger partial charge on any atom is 0.246 e. The number of aryl methyl sites for hydroxylation is 2. The summed E-state index contributed by atoms with van der Waals surface area (Å²) >= 11 is 3.43. The number of aromatic nitrogens is 1. The lowest BCUT2D eigenvalue weighted by Crippen LogP contribution is -2.45. The van der Waals surface area contributed by atoms with Crippen molar-refractivity contribution in [2.75, 3.05) is 7.05 Å². The van der Waals surface area contributed by atoms with Crippen molar-refractivity contribution in [3.63, 3.8) is 0 Å². The number of halogens is 1. The summed E-state index contributed by atoms with van der Waals surface area (Å²) in [6, 6.07) is 6.62. The maximum absolute atomic E-state index is 12.5. The summed E-state index contributed by atoms with van der Waals surface area (Å²) in [7, 11) is -2.27. The second-order valence-corrected chi connectivity index (χ2v) is 8.29. The van der Waals surface area contributed by atoms with Gasteiger partial charge in [0.1, 0.15) is 10.6 Å². The summed E-state index contributed by atoms with van der Waals surface area (Å²) in [5.74, 6) is -0.155. The fourth-order valence-corrected chi connectivity index (χ4v) is 4.43. The highest BCUT2D eigenvalue weighted by molar-refractivity contribution is 9.10. The number of nitrogens with zero attached hydrogens (tertiary/aromatic N) is 2. The third-order valence-corrected chi connectivity index (χ3v) is 6.24. The van der Waals surface area contributed by atoms with Crippen LogP contribution in [0.1, 0.15) is 23.9 Å². The Kier molecular flexibility index (Phi) is 6.02. The van der Waals surface area contributed by atoms with Crippen molar-refractivity contribution in [1.82, 2.24) is 14.8 Å². The summed E-state index contributed by atoms with van der Waals surface area (Å²) < 4.78 is 33.2. The van der Waals surface area contributed by atoms with Gasteiger partial charge in [0.25, 0.3) is 0 Å². The number of likely N-dealkylation sites (N-methyl/N-ethyl adjacent to an activating group) is 1. The summed E-state index contributed by atoms with van der Waals surface area (Å²) in [6.07, 6.45) is 0. The van der Waals surface area contributed by atoms with Crippen LogP contribution >= 0.6 is 15.9 Å². The van der Waals surface area contributed by atoms with Crippen LogP contribution < -0.4 is 4.72 Å². The van der Waals surface area contributed by atoms with Crippen LogP contribution in [0.3, 0.4) is 0 Å². The Morgan fingerprint density at radius 1 is 1.36 bits per heavy atom. The molecule has 0 bridgehead atoms. The van der Waals surface area contributed by atoms with Gasteiger partial charge in [-0.2, -0.15) is 4.72 Å². The molecule has 1 heterocycles. The van der Waals surface area contributed by atoms with Crippen LogP contribution in [-0.2, 0) is 21.4 Å². The van der Waals surface area contributed by atoms with Crippen LogP contribution in [0.5, 0.6) is 0 Å². The molecule has 9 heteroatoms. The summed E-state index contributed by atoms with van der Waals surface area (Å²) in [4.78, 5) is 14.0. The highest BCUT2D eigenvalue weighted by atomic mass is 79.9. The fraction of sp³-hybridized carbons (Fsp3) is 0.375. The van der Waals surface area contributed by atoms with E-state index in [0.717, 1.165) is 10.0 Å². The number of hydrogen-bond acceptors (Lipinski definition) is 5. The average Bonchev–Trinajstić information content (AvgIpc) is 2.87. The van der Waals surface area contributed by atoms with E-state index in [0.29, 0.717) is 6.54 Å². The molecule has 0 saturated carbocycles. The molecule has 0 unspecified atom stereocenters. The van der Waals surface area contributed by atoms with E-state index in [1.54, 1.807) is 7.05 Å². The van der Waals surface area contributed by atoms with Crippen molar-refractivity contribution in [1.29, 1.82) is 0 Å². The predicted molar refractivity (Wildman–Crippen MR) is 96.4 cm³/mol. The SMILES string of the molecule is Cc1noc(C)c1S(=O)(=O)N[C@@H](C)C(=O)N(C)Cc1ccccc1Br. The zero-order chi connectivity index (χ0) is 18.8. The maximum atomic E-state index is 12.5. The lowest BCUT2D eigenvalue weighted by Gasteiger charge is -2.22. The number of hydrogen-bond donors (Lipinski definition) is 1. The molecule has 0 saturated heterocycles. The largest absolute Gasteiger partial charge is 0.360 e. The topological polar surface area (TPSA) is 92.5 Å². The molecule has 1 atom stereocenters. The summed E-state index contributed by atoms with van der Waals surface area (Å²) in [5.41, 5.74) is 1.19. The lowest BCUT2D eigenvalue weighted by molar-refractivity contribution is -0.131. The van der Waals surface area contributed by atoms with Gasteiger partial charge in [-0.1, -0.05) is 39.3 Å². The van der Waals surface area contributed by atoms with Crippen molar-refractivity contribution in [3.05, 3.63) is 45.8 Å². The van der Waals surface area contributed by atoms with Gasteiger partial charge in [0.05, 0.1) is 6.04 Å². The third kappa shape index (κ3) is 4.47. The lowest BCUT2D eigenvalue weighted by atomic mass is 10.2. The Hall–Kier alpha value is -1.71. The van der Waals surface area contributed by atoms with Gasteiger partial charge in [0, 0.05) is 18.1 Å². The highest BCUT2D eigenvalue weighted by Crippen LogP contribution is 2.20. The zero-order valence-electron chi connectivity index (χ0n) is 14.4. The highest BCUT2D eigenvalue weighted by Gasteiger charge is 2.29. The normalized spacial score (nSPS) is 12.8. The van der Waals surface area contributed by atoms with Gasteiger partial charge >= 0.3 is 0 Å². The molecular weight excluding hydrogens is 410 g/mol.